The summed E-state index contributed by atoms with van der Waals surface area (Å²) in [6, 6.07) is 1.04. The van der Waals surface area contributed by atoms with Crippen molar-refractivity contribution in [3.05, 3.63) is 9.91 Å². The topological polar surface area (TPSA) is 32.8 Å². The van der Waals surface area contributed by atoms with Crippen LogP contribution in [0, 0.1) is 0 Å². The summed E-state index contributed by atoms with van der Waals surface area (Å²) in [7, 11) is 1.87. The van der Waals surface area contributed by atoms with E-state index in [0.717, 1.165) is 25.9 Å². The van der Waals surface area contributed by atoms with Crippen molar-refractivity contribution >= 4 is 29.0 Å². The summed E-state index contributed by atoms with van der Waals surface area (Å²) in [6.07, 6.45) is 4.35. The van der Waals surface area contributed by atoms with E-state index in [9.17, 15) is 4.79 Å². The molecule has 1 fully saturated rings. The minimum absolute atomic E-state index is 0.188. The Morgan fingerprint density at radius 3 is 2.50 bits per heavy atom. The SMILES string of the molecule is CN(C(=O)OC(C)(C)C)C1CCN(C2C=[CH][In][CH2]2)CC1. The molecular weight excluding hydrogens is 355 g/mol. The summed E-state index contributed by atoms with van der Waals surface area (Å²) in [5.74, 6) is 0. The third-order valence-electron chi connectivity index (χ3n) is 4.04. The Bertz CT molecular complexity index is 371. The maximum atomic E-state index is 12.1. The Kier molecular flexibility index (Phi) is 5.46. The molecule has 0 bridgehead atoms. The molecule has 2 aliphatic heterocycles. The molecule has 1 saturated heterocycles. The average molecular weight is 381 g/mol. The Morgan fingerprint density at radius 1 is 1.35 bits per heavy atom. The first-order chi connectivity index (χ1) is 9.37. The van der Waals surface area contributed by atoms with Crippen LogP contribution < -0.4 is 0 Å². The Labute approximate surface area is 133 Å². The fraction of sp³-hybridized carbons (Fsp3) is 0.800. The molecule has 0 aromatic rings. The van der Waals surface area contributed by atoms with Gasteiger partial charge in [0.1, 0.15) is 0 Å². The molecule has 2 rings (SSSR count). The van der Waals surface area contributed by atoms with Gasteiger partial charge in [-0.2, -0.15) is 0 Å². The van der Waals surface area contributed by atoms with Crippen molar-refractivity contribution in [2.75, 3.05) is 20.1 Å². The van der Waals surface area contributed by atoms with Gasteiger partial charge in [0.25, 0.3) is 0 Å². The third kappa shape index (κ3) is 4.42. The first-order valence-electron chi connectivity index (χ1n) is 7.57. The second-order valence-corrected chi connectivity index (χ2v) is 10.6. The van der Waals surface area contributed by atoms with E-state index in [1.54, 1.807) is 4.90 Å². The second-order valence-electron chi connectivity index (χ2n) is 6.78. The van der Waals surface area contributed by atoms with Crippen LogP contribution in [0.3, 0.4) is 0 Å². The van der Waals surface area contributed by atoms with Crippen LogP contribution in [0.2, 0.25) is 4.18 Å². The molecular formula is C15H26InN2O2. The minimum atomic E-state index is -0.410. The molecule has 4 nitrogen and oxygen atoms in total. The zero-order valence-corrected chi connectivity index (χ0v) is 16.4. The number of carbonyl (C=O) groups excluding carboxylic acids is 1. The van der Waals surface area contributed by atoms with Crippen molar-refractivity contribution < 1.29 is 9.53 Å². The number of ether oxygens (including phenoxy) is 1. The van der Waals surface area contributed by atoms with Crippen molar-refractivity contribution in [1.82, 2.24) is 9.80 Å². The van der Waals surface area contributed by atoms with E-state index in [-0.39, 0.29) is 29.0 Å². The summed E-state index contributed by atoms with van der Waals surface area (Å²) in [6.45, 7) is 7.96. The number of piperidine rings is 1. The predicted molar refractivity (Wildman–Crippen MR) is 82.1 cm³/mol. The molecule has 2 aliphatic rings. The molecule has 0 aromatic heterocycles. The molecule has 20 heavy (non-hydrogen) atoms. The van der Waals surface area contributed by atoms with Gasteiger partial charge in [-0.3, -0.25) is 0 Å². The standard InChI is InChI=1S/C15H26N2O2.In/c1-7-12(2)17-10-8-13(9-11-17)16(6)14(18)19-15(3,4)5;/h1,7,12-13H,2,8-11H2,3-6H3;. The molecule has 2 heterocycles. The third-order valence-corrected chi connectivity index (χ3v) is 7.61. The fourth-order valence-electron chi connectivity index (χ4n) is 2.86. The second kappa shape index (κ2) is 6.73. The zero-order valence-electron chi connectivity index (χ0n) is 13.1. The monoisotopic (exact) mass is 381 g/mol. The van der Waals surface area contributed by atoms with Gasteiger partial charge >= 0.3 is 134 Å². The number of rotatable bonds is 2. The van der Waals surface area contributed by atoms with Gasteiger partial charge in [-0.25, -0.2) is 0 Å². The number of hydrogen-bond acceptors (Lipinski definition) is 3. The van der Waals surface area contributed by atoms with Gasteiger partial charge in [-0.05, 0) is 0 Å². The fourth-order valence-corrected chi connectivity index (χ4v) is 6.59. The van der Waals surface area contributed by atoms with Crippen molar-refractivity contribution in [3.63, 3.8) is 0 Å². The summed E-state index contributed by atoms with van der Waals surface area (Å²) in [4.78, 5) is 16.5. The van der Waals surface area contributed by atoms with Crippen LogP contribution in [0.15, 0.2) is 9.91 Å². The van der Waals surface area contributed by atoms with E-state index in [1.807, 2.05) is 27.8 Å². The first kappa shape index (κ1) is 16.2. The first-order valence-corrected chi connectivity index (χ1v) is 11.8. The summed E-state index contributed by atoms with van der Waals surface area (Å²) in [5, 5.41) is 0. The van der Waals surface area contributed by atoms with Crippen LogP contribution in [0.25, 0.3) is 0 Å². The molecule has 0 spiro atoms. The molecule has 1 amide bonds. The van der Waals surface area contributed by atoms with Crippen molar-refractivity contribution in [2.24, 2.45) is 0 Å². The summed E-state index contributed by atoms with van der Waals surface area (Å²) in [5.41, 5.74) is -0.410. The molecule has 1 radical (unpaired) electrons. The Hall–Kier alpha value is -0.160. The van der Waals surface area contributed by atoms with E-state index in [1.165, 1.54) is 4.18 Å². The quantitative estimate of drug-likeness (QED) is 0.736. The van der Waals surface area contributed by atoms with Crippen molar-refractivity contribution in [2.45, 2.75) is 55.5 Å². The molecule has 0 saturated carbocycles. The van der Waals surface area contributed by atoms with Crippen LogP contribution in [-0.4, -0.2) is 76.6 Å². The number of carbonyl (C=O) groups is 1. The number of likely N-dealkylation sites (tertiary alicyclic amines) is 1. The van der Waals surface area contributed by atoms with E-state index in [0.29, 0.717) is 12.1 Å². The maximum absolute atomic E-state index is 12.1. The number of amides is 1. The van der Waals surface area contributed by atoms with E-state index in [4.69, 9.17) is 4.74 Å². The van der Waals surface area contributed by atoms with Gasteiger partial charge in [0.2, 0.25) is 0 Å². The van der Waals surface area contributed by atoms with Crippen molar-refractivity contribution in [1.29, 1.82) is 0 Å². The van der Waals surface area contributed by atoms with Crippen LogP contribution >= 0.6 is 0 Å². The zero-order chi connectivity index (χ0) is 14.8. The van der Waals surface area contributed by atoms with Gasteiger partial charge in [0.05, 0.1) is 0 Å². The van der Waals surface area contributed by atoms with E-state index in [2.05, 4.69) is 14.8 Å². The predicted octanol–water partition coefficient (Wildman–Crippen LogP) is 2.34. The van der Waals surface area contributed by atoms with Crippen LogP contribution in [-0.2, 0) is 4.74 Å². The van der Waals surface area contributed by atoms with E-state index >= 15 is 0 Å². The van der Waals surface area contributed by atoms with Gasteiger partial charge in [0, 0.05) is 0 Å². The molecule has 0 aromatic carbocycles. The van der Waals surface area contributed by atoms with Gasteiger partial charge in [-0.15, -0.1) is 0 Å². The molecule has 1 unspecified atom stereocenters. The van der Waals surface area contributed by atoms with Crippen LogP contribution in [0.4, 0.5) is 4.79 Å². The number of hydrogen-bond donors (Lipinski definition) is 0. The summed E-state index contributed by atoms with van der Waals surface area (Å²) < 4.78 is 9.37. The normalized spacial score (nSPS) is 24.5. The molecule has 1 atom stereocenters. The van der Waals surface area contributed by atoms with Gasteiger partial charge < -0.3 is 0 Å². The Balaban J connectivity index is 1.80. The van der Waals surface area contributed by atoms with Gasteiger partial charge in [-0.1, -0.05) is 0 Å². The average Bonchev–Trinajstić information content (AvgIpc) is 2.90. The molecule has 5 heteroatoms. The van der Waals surface area contributed by atoms with E-state index < -0.39 is 5.60 Å². The molecule has 0 aliphatic carbocycles. The van der Waals surface area contributed by atoms with Crippen molar-refractivity contribution in [3.8, 4) is 0 Å². The summed E-state index contributed by atoms with van der Waals surface area (Å²) >= 11 is -0.332. The molecule has 111 valence electrons. The van der Waals surface area contributed by atoms with Crippen LogP contribution in [0.1, 0.15) is 33.6 Å². The number of nitrogens with zero attached hydrogens (tertiary/aromatic N) is 2. The van der Waals surface area contributed by atoms with Crippen LogP contribution in [0.5, 0.6) is 0 Å². The Morgan fingerprint density at radius 2 is 2.00 bits per heavy atom. The molecule has 0 N–H and O–H groups in total. The van der Waals surface area contributed by atoms with Gasteiger partial charge in [0.15, 0.2) is 0 Å².